The summed E-state index contributed by atoms with van der Waals surface area (Å²) in [5.74, 6) is 1.28. The van der Waals surface area contributed by atoms with Crippen LogP contribution in [0.3, 0.4) is 0 Å². The Morgan fingerprint density at radius 1 is 0.980 bits per heavy atom. The molecule has 15 heteroatoms. The molecule has 1 aromatic carbocycles. The van der Waals surface area contributed by atoms with E-state index in [4.69, 9.17) is 9.47 Å². The van der Waals surface area contributed by atoms with E-state index in [2.05, 4.69) is 28.4 Å². The zero-order valence-corrected chi connectivity index (χ0v) is 30.2. The van der Waals surface area contributed by atoms with Gasteiger partial charge in [-0.05, 0) is 54.8 Å². The quantitative estimate of drug-likeness (QED) is 0.224. The van der Waals surface area contributed by atoms with Gasteiger partial charge in [0.15, 0.2) is 17.4 Å². The van der Waals surface area contributed by atoms with Crippen molar-refractivity contribution in [2.24, 2.45) is 8.55 Å². The minimum Gasteiger partial charge on any atom is -0.496 e. The lowest BCUT2D eigenvalue weighted by Crippen LogP contribution is -2.49. The van der Waals surface area contributed by atoms with Crippen LogP contribution in [-0.2, 0) is 4.79 Å². The molecular formula is C35H37FIN9O4. The highest BCUT2D eigenvalue weighted by molar-refractivity contribution is 14.2. The Kier molecular flexibility index (Phi) is 9.74. The Morgan fingerprint density at radius 2 is 1.80 bits per heavy atom. The fraction of sp³-hybridized carbons (Fsp3) is 0.343. The summed E-state index contributed by atoms with van der Waals surface area (Å²) in [7, 11) is 3.19. The van der Waals surface area contributed by atoms with Crippen molar-refractivity contribution in [2.75, 3.05) is 64.9 Å². The number of piperazine rings is 1. The van der Waals surface area contributed by atoms with Crippen molar-refractivity contribution in [3.63, 3.8) is 0 Å². The maximum absolute atomic E-state index is 16.7. The summed E-state index contributed by atoms with van der Waals surface area (Å²) in [4.78, 5) is 44.9. The molecule has 0 atom stereocenters. The van der Waals surface area contributed by atoms with Crippen LogP contribution in [0.1, 0.15) is 34.6 Å². The summed E-state index contributed by atoms with van der Waals surface area (Å²) in [6.45, 7) is 5.27. The van der Waals surface area contributed by atoms with Gasteiger partial charge in [0.2, 0.25) is 5.91 Å². The number of ether oxygens (including phenoxy) is 2. The van der Waals surface area contributed by atoms with Crippen molar-refractivity contribution in [3.05, 3.63) is 71.6 Å². The molecule has 0 aliphatic carbocycles. The normalized spacial score (nSPS) is 16.1. The number of fused-ring (bicyclic) bond motifs is 1. The van der Waals surface area contributed by atoms with E-state index >= 15 is 4.39 Å². The second-order valence-electron chi connectivity index (χ2n) is 12.2. The second kappa shape index (κ2) is 14.5. The smallest absolute Gasteiger partial charge is 0.270 e. The van der Waals surface area contributed by atoms with Gasteiger partial charge < -0.3 is 29.2 Å². The number of benzene rings is 1. The number of aromatic amines is 1. The average molecular weight is 794 g/mol. The van der Waals surface area contributed by atoms with Crippen LogP contribution in [0.25, 0.3) is 27.6 Å². The molecule has 0 bridgehead atoms. The third kappa shape index (κ3) is 6.65. The highest BCUT2D eigenvalue weighted by Crippen LogP contribution is 2.40. The highest BCUT2D eigenvalue weighted by atomic mass is 127. The first-order valence-corrected chi connectivity index (χ1v) is 18.6. The van der Waals surface area contributed by atoms with Crippen molar-refractivity contribution in [2.45, 2.75) is 19.8 Å². The Bertz CT molecular complexity index is 2030. The van der Waals surface area contributed by atoms with Crippen LogP contribution in [0, 0.1) is 12.7 Å². The maximum atomic E-state index is 16.7. The van der Waals surface area contributed by atoms with E-state index in [-0.39, 0.29) is 36.0 Å². The minimum absolute atomic E-state index is 0.0237. The molecule has 3 aliphatic heterocycles. The van der Waals surface area contributed by atoms with Crippen molar-refractivity contribution in [1.82, 2.24) is 29.8 Å². The number of methoxy groups -OCH3 is 2. The largest absolute Gasteiger partial charge is 0.496 e. The molecule has 2 amide bonds. The van der Waals surface area contributed by atoms with Crippen LogP contribution in [-0.4, -0.2) is 106 Å². The lowest BCUT2D eigenvalue weighted by atomic mass is 9.93. The summed E-state index contributed by atoms with van der Waals surface area (Å²) < 4.78 is 33.9. The Hall–Kier alpha value is -4.93. The summed E-state index contributed by atoms with van der Waals surface area (Å²) in [5, 5.41) is 6.30. The summed E-state index contributed by atoms with van der Waals surface area (Å²) >= 11 is -0.415. The number of halogens is 2. The van der Waals surface area contributed by atoms with Gasteiger partial charge in [-0.1, -0.05) is 11.3 Å². The van der Waals surface area contributed by atoms with E-state index in [1.807, 2.05) is 29.3 Å². The van der Waals surface area contributed by atoms with Gasteiger partial charge in [0, 0.05) is 80.3 Å². The Morgan fingerprint density at radius 3 is 2.56 bits per heavy atom. The van der Waals surface area contributed by atoms with E-state index < -0.39 is 26.8 Å². The average Bonchev–Trinajstić information content (AvgIpc) is 3.85. The third-order valence-corrected chi connectivity index (χ3v) is 10.5. The van der Waals surface area contributed by atoms with Crippen LogP contribution in [0.15, 0.2) is 57.4 Å². The van der Waals surface area contributed by atoms with Crippen molar-refractivity contribution in [3.8, 4) is 22.6 Å². The lowest BCUT2D eigenvalue weighted by molar-refractivity contribution is -0.130. The van der Waals surface area contributed by atoms with Gasteiger partial charge in [0.25, 0.3) is 5.91 Å². The van der Waals surface area contributed by atoms with E-state index in [1.54, 1.807) is 59.6 Å². The fourth-order valence-corrected chi connectivity index (χ4v) is 7.72. The molecule has 0 saturated carbocycles. The van der Waals surface area contributed by atoms with Crippen LogP contribution < -0.4 is 14.4 Å². The molecule has 0 spiro atoms. The number of H-pyrrole nitrogens is 1. The number of carbonyl (C=O) groups is 2. The standard InChI is InChI=1S/C35H37FIN9O4/c1-22-6-7-30(50-3)34(39-22)43-13-15-44(16-14-43)35(48)28-18-26-25(27-19-38-10-8-29(27)49-2)17-24(32(36)33(26)40-28)23-5-4-11-45(20-23)31(47)9-12-46-21-37-41-42-46/h5-8,10,17-19,21,40H,4,9,11-16,20H2,1-3H3. The topological polar surface area (TPSA) is 132 Å². The van der Waals surface area contributed by atoms with Gasteiger partial charge in [0.1, 0.15) is 11.4 Å². The minimum atomic E-state index is -0.482. The second-order valence-corrected chi connectivity index (χ2v) is 13.7. The highest BCUT2D eigenvalue weighted by Gasteiger charge is 2.29. The molecule has 260 valence electrons. The van der Waals surface area contributed by atoms with E-state index in [0.29, 0.717) is 84.8 Å². The molecule has 6 heterocycles. The van der Waals surface area contributed by atoms with Crippen molar-refractivity contribution in [1.29, 1.82) is 0 Å². The van der Waals surface area contributed by atoms with Gasteiger partial charge in [-0.3, -0.25) is 14.6 Å². The first-order chi connectivity index (χ1) is 24.3. The van der Waals surface area contributed by atoms with Gasteiger partial charge in [0.05, 0.1) is 51.4 Å². The molecule has 7 rings (SSSR count). The molecule has 1 saturated heterocycles. The lowest BCUT2D eigenvalue weighted by Gasteiger charge is -2.35. The maximum Gasteiger partial charge on any atom is 0.270 e. The number of hydrogen-bond acceptors (Lipinski definition) is 10. The monoisotopic (exact) mass is 793 g/mol. The first-order valence-electron chi connectivity index (χ1n) is 16.3. The van der Waals surface area contributed by atoms with Crippen molar-refractivity contribution < 1.29 is 23.5 Å². The molecular weight excluding hydrogens is 756 g/mol. The van der Waals surface area contributed by atoms with E-state index in [9.17, 15) is 9.59 Å². The number of nitrogens with zero attached hydrogens (tertiary/aromatic N) is 8. The van der Waals surface area contributed by atoms with Crippen LogP contribution in [0.2, 0.25) is 0 Å². The van der Waals surface area contributed by atoms with E-state index in [0.717, 1.165) is 11.5 Å². The fourth-order valence-electron chi connectivity index (χ4n) is 6.57. The predicted molar refractivity (Wildman–Crippen MR) is 197 cm³/mol. The Balaban J connectivity index is 1.18. The van der Waals surface area contributed by atoms with Gasteiger partial charge in [-0.2, -0.15) is 0 Å². The summed E-state index contributed by atoms with van der Waals surface area (Å²) in [6, 6.07) is 9.05. The molecule has 13 nitrogen and oxygen atoms in total. The summed E-state index contributed by atoms with van der Waals surface area (Å²) in [5.41, 5.74) is 3.77. The number of hydrogen-bond donors (Lipinski definition) is 1. The van der Waals surface area contributed by atoms with Crippen molar-refractivity contribution >= 4 is 59.2 Å². The number of anilines is 1. The predicted octanol–water partition coefficient (Wildman–Crippen LogP) is 5.39. The molecule has 0 unspecified atom stereocenters. The zero-order chi connectivity index (χ0) is 34.8. The summed E-state index contributed by atoms with van der Waals surface area (Å²) in [6.07, 6.45) is 6.18. The third-order valence-electron chi connectivity index (χ3n) is 9.19. The molecule has 1 fully saturated rings. The number of amides is 2. The molecule has 50 heavy (non-hydrogen) atoms. The number of aryl methyl sites for hydroxylation is 1. The SMILES string of the molecule is COc1ccncc1-c1cc(C2=CCCN(C(=O)CCN3C=IN=N3)C2)c(F)c2[nH]c(C(=O)N3CCN(c4nc(C)ccc4OC)CC3)cc12. The first kappa shape index (κ1) is 33.6. The van der Waals surface area contributed by atoms with Crippen LogP contribution in [0.5, 0.6) is 11.5 Å². The molecule has 4 aromatic rings. The Labute approximate surface area is 298 Å². The molecule has 0 radical (unpaired) electrons. The number of aromatic nitrogens is 3. The van der Waals surface area contributed by atoms with Crippen LogP contribution >= 0.6 is 21.0 Å². The molecule has 3 aromatic heterocycles. The molecule has 1 N–H and O–H groups in total. The van der Waals surface area contributed by atoms with E-state index in [1.165, 1.54) is 0 Å². The number of nitrogens with one attached hydrogen (secondary N) is 1. The zero-order valence-electron chi connectivity index (χ0n) is 28.0. The number of carbonyl (C=O) groups excluding carboxylic acids is 2. The van der Waals surface area contributed by atoms with Gasteiger partial charge in [-0.15, -0.1) is 3.33 Å². The van der Waals surface area contributed by atoms with Gasteiger partial charge >= 0.3 is 0 Å². The number of pyridine rings is 2. The molecule has 3 aliphatic rings. The van der Waals surface area contributed by atoms with Gasteiger partial charge in [-0.25, -0.2) is 14.4 Å². The number of rotatable bonds is 9. The van der Waals surface area contributed by atoms with Crippen LogP contribution in [0.4, 0.5) is 10.2 Å².